The Morgan fingerprint density at radius 3 is 2.37 bits per heavy atom. The zero-order valence-electron chi connectivity index (χ0n) is 22.6. The molecule has 38 heavy (non-hydrogen) atoms. The van der Waals surface area contributed by atoms with Gasteiger partial charge >= 0.3 is 0 Å². The number of pyridine rings is 1. The Morgan fingerprint density at radius 1 is 1.00 bits per heavy atom. The zero-order valence-corrected chi connectivity index (χ0v) is 22.6. The van der Waals surface area contributed by atoms with Gasteiger partial charge in [-0.2, -0.15) is 0 Å². The van der Waals surface area contributed by atoms with Crippen LogP contribution >= 0.6 is 0 Å². The van der Waals surface area contributed by atoms with Crippen molar-refractivity contribution in [1.82, 2.24) is 30.1 Å². The predicted molar refractivity (Wildman–Crippen MR) is 147 cm³/mol. The molecule has 1 aliphatic rings. The van der Waals surface area contributed by atoms with E-state index in [2.05, 4.69) is 63.2 Å². The molecule has 2 aromatic heterocycles. The van der Waals surface area contributed by atoms with E-state index in [-0.39, 0.29) is 11.1 Å². The van der Waals surface area contributed by atoms with E-state index in [0.29, 0.717) is 18.0 Å². The third-order valence-corrected chi connectivity index (χ3v) is 6.94. The number of fused-ring (bicyclic) bond motifs is 1. The maximum absolute atomic E-state index is 13.5. The van der Waals surface area contributed by atoms with Crippen LogP contribution in [0.15, 0.2) is 53.3 Å². The van der Waals surface area contributed by atoms with Crippen LogP contribution in [0.4, 0.5) is 5.69 Å². The summed E-state index contributed by atoms with van der Waals surface area (Å²) in [7, 11) is 1.67. The van der Waals surface area contributed by atoms with Crippen LogP contribution in [-0.4, -0.2) is 70.0 Å². The van der Waals surface area contributed by atoms with Crippen molar-refractivity contribution in [3.63, 3.8) is 0 Å². The molecule has 0 bridgehead atoms. The molecule has 200 valence electrons. The van der Waals surface area contributed by atoms with E-state index >= 15 is 0 Å². The van der Waals surface area contributed by atoms with Crippen LogP contribution in [0.3, 0.4) is 0 Å². The summed E-state index contributed by atoms with van der Waals surface area (Å²) < 4.78 is 12.8. The van der Waals surface area contributed by atoms with Gasteiger partial charge in [-0.15, -0.1) is 5.10 Å². The number of hydrogen-bond donors (Lipinski definition) is 1. The molecule has 0 saturated carbocycles. The molecule has 1 aliphatic heterocycles. The van der Waals surface area contributed by atoms with Crippen molar-refractivity contribution in [3.05, 3.63) is 70.3 Å². The molecule has 5 rings (SSSR count). The molecule has 4 aromatic rings. The van der Waals surface area contributed by atoms with Gasteiger partial charge < -0.3 is 19.4 Å². The maximum atomic E-state index is 13.5. The van der Waals surface area contributed by atoms with Crippen molar-refractivity contribution in [1.29, 1.82) is 0 Å². The summed E-state index contributed by atoms with van der Waals surface area (Å²) in [5.41, 5.74) is 2.03. The number of anilines is 1. The molecular weight excluding hydrogens is 482 g/mol. The number of rotatable bonds is 7. The summed E-state index contributed by atoms with van der Waals surface area (Å²) in [5.74, 6) is 2.26. The Morgan fingerprint density at radius 2 is 1.71 bits per heavy atom. The minimum Gasteiger partial charge on any atom is -0.497 e. The van der Waals surface area contributed by atoms with Gasteiger partial charge in [0, 0.05) is 48.3 Å². The average Bonchev–Trinajstić information content (AvgIpc) is 3.40. The number of hydrogen-bond acceptors (Lipinski definition) is 8. The van der Waals surface area contributed by atoms with E-state index in [1.807, 2.05) is 48.0 Å². The van der Waals surface area contributed by atoms with Gasteiger partial charge in [0.25, 0.3) is 5.56 Å². The standard InChI is InChI=1S/C28H35N7O3/c1-6-38-22-11-12-24-19(17-22)18-23(27(36)29-24)25(26-30-31-32-35(26)28(2,3)4)34-15-13-33(14-16-34)20-7-9-21(37-5)10-8-20/h7-12,17-18,25H,6,13-16H2,1-5H3,(H,29,36)/t25-/m1/s1. The number of aromatic amines is 1. The number of piperazine rings is 1. The first-order valence-corrected chi connectivity index (χ1v) is 13.0. The minimum absolute atomic E-state index is 0.146. The Kier molecular flexibility index (Phi) is 7.07. The summed E-state index contributed by atoms with van der Waals surface area (Å²) in [6, 6.07) is 15.4. The highest BCUT2D eigenvalue weighted by molar-refractivity contribution is 5.80. The number of nitrogens with zero attached hydrogens (tertiary/aromatic N) is 6. The van der Waals surface area contributed by atoms with Crippen molar-refractivity contribution < 1.29 is 9.47 Å². The van der Waals surface area contributed by atoms with E-state index < -0.39 is 6.04 Å². The summed E-state index contributed by atoms with van der Waals surface area (Å²) in [4.78, 5) is 21.2. The Labute approximate surface area is 222 Å². The van der Waals surface area contributed by atoms with Crippen molar-refractivity contribution >= 4 is 16.6 Å². The Bertz CT molecular complexity index is 1450. The van der Waals surface area contributed by atoms with Crippen molar-refractivity contribution in [2.24, 2.45) is 0 Å². The lowest BCUT2D eigenvalue weighted by Crippen LogP contribution is -2.49. The van der Waals surface area contributed by atoms with Crippen molar-refractivity contribution in [3.8, 4) is 11.5 Å². The minimum atomic E-state index is -0.411. The number of H-pyrrole nitrogens is 1. The van der Waals surface area contributed by atoms with E-state index in [1.54, 1.807) is 7.11 Å². The molecule has 0 aliphatic carbocycles. The molecule has 1 atom stereocenters. The van der Waals surface area contributed by atoms with E-state index in [0.717, 1.165) is 54.3 Å². The van der Waals surface area contributed by atoms with Crippen LogP contribution in [0, 0.1) is 0 Å². The van der Waals surface area contributed by atoms with Gasteiger partial charge in [0.05, 0.1) is 19.3 Å². The van der Waals surface area contributed by atoms with Crippen LogP contribution in [-0.2, 0) is 5.54 Å². The lowest BCUT2D eigenvalue weighted by atomic mass is 10.0. The summed E-state index contributed by atoms with van der Waals surface area (Å²) in [5, 5.41) is 13.7. The summed E-state index contributed by atoms with van der Waals surface area (Å²) in [6.07, 6.45) is 0. The highest BCUT2D eigenvalue weighted by Crippen LogP contribution is 2.31. The van der Waals surface area contributed by atoms with Gasteiger partial charge in [0.15, 0.2) is 5.82 Å². The largest absolute Gasteiger partial charge is 0.497 e. The fraction of sp³-hybridized carbons (Fsp3) is 0.429. The van der Waals surface area contributed by atoms with Gasteiger partial charge in [-0.3, -0.25) is 9.69 Å². The molecular formula is C28H35N7O3. The number of tetrazole rings is 1. The quantitative estimate of drug-likeness (QED) is 0.397. The maximum Gasteiger partial charge on any atom is 0.253 e. The van der Waals surface area contributed by atoms with Crippen LogP contribution in [0.1, 0.15) is 45.1 Å². The smallest absolute Gasteiger partial charge is 0.253 e. The molecule has 10 nitrogen and oxygen atoms in total. The lowest BCUT2D eigenvalue weighted by Gasteiger charge is -2.40. The molecule has 0 amide bonds. The third-order valence-electron chi connectivity index (χ3n) is 6.94. The zero-order chi connectivity index (χ0) is 26.9. The van der Waals surface area contributed by atoms with Gasteiger partial charge in [-0.1, -0.05) is 0 Å². The van der Waals surface area contributed by atoms with Crippen molar-refractivity contribution in [2.75, 3.05) is 44.8 Å². The van der Waals surface area contributed by atoms with Gasteiger partial charge in [-0.25, -0.2) is 4.68 Å². The highest BCUT2D eigenvalue weighted by Gasteiger charge is 2.35. The van der Waals surface area contributed by atoms with Gasteiger partial charge in [0.2, 0.25) is 0 Å². The van der Waals surface area contributed by atoms with Gasteiger partial charge in [-0.05, 0) is 86.7 Å². The molecule has 1 fully saturated rings. The monoisotopic (exact) mass is 517 g/mol. The molecule has 1 saturated heterocycles. The van der Waals surface area contributed by atoms with Crippen LogP contribution in [0.25, 0.3) is 10.9 Å². The lowest BCUT2D eigenvalue weighted by molar-refractivity contribution is 0.190. The molecule has 10 heteroatoms. The molecule has 0 unspecified atom stereocenters. The Hall–Kier alpha value is -3.92. The normalized spacial score (nSPS) is 15.6. The van der Waals surface area contributed by atoms with Crippen LogP contribution < -0.4 is 19.9 Å². The number of methoxy groups -OCH3 is 1. The second-order valence-corrected chi connectivity index (χ2v) is 10.5. The first-order chi connectivity index (χ1) is 18.3. The molecule has 0 spiro atoms. The number of ether oxygens (including phenoxy) is 2. The van der Waals surface area contributed by atoms with Crippen molar-refractivity contribution in [2.45, 2.75) is 39.3 Å². The van der Waals surface area contributed by atoms with Crippen LogP contribution in [0.2, 0.25) is 0 Å². The third kappa shape index (κ3) is 5.08. The SMILES string of the molecule is CCOc1ccc2[nH]c(=O)c([C@H](c3nnnn3C(C)(C)C)N3CCN(c4ccc(OC)cc4)CC3)cc2c1. The second kappa shape index (κ2) is 10.4. The second-order valence-electron chi connectivity index (χ2n) is 10.5. The van der Waals surface area contributed by atoms with E-state index in [4.69, 9.17) is 9.47 Å². The number of nitrogens with one attached hydrogen (secondary N) is 1. The fourth-order valence-electron chi connectivity index (χ4n) is 5.03. The molecule has 0 radical (unpaired) electrons. The fourth-order valence-corrected chi connectivity index (χ4v) is 5.03. The van der Waals surface area contributed by atoms with E-state index in [1.165, 1.54) is 0 Å². The number of aromatic nitrogens is 5. The first-order valence-electron chi connectivity index (χ1n) is 13.0. The first kappa shape index (κ1) is 25.7. The van der Waals surface area contributed by atoms with E-state index in [9.17, 15) is 4.79 Å². The average molecular weight is 518 g/mol. The van der Waals surface area contributed by atoms with Gasteiger partial charge in [0.1, 0.15) is 17.5 Å². The molecule has 2 aromatic carbocycles. The molecule has 1 N–H and O–H groups in total. The molecule has 3 heterocycles. The summed E-state index contributed by atoms with van der Waals surface area (Å²) in [6.45, 7) is 11.8. The number of benzene rings is 2. The highest BCUT2D eigenvalue weighted by atomic mass is 16.5. The van der Waals surface area contributed by atoms with Crippen LogP contribution in [0.5, 0.6) is 11.5 Å². The Balaban J connectivity index is 1.53. The predicted octanol–water partition coefficient (Wildman–Crippen LogP) is 3.59. The summed E-state index contributed by atoms with van der Waals surface area (Å²) >= 11 is 0. The topological polar surface area (TPSA) is 101 Å².